The van der Waals surface area contributed by atoms with E-state index in [9.17, 15) is 39.6 Å². The summed E-state index contributed by atoms with van der Waals surface area (Å²) in [5, 5.41) is 39.4. The third kappa shape index (κ3) is 4.26. The number of ketones is 2. The van der Waals surface area contributed by atoms with Crippen LogP contribution in [0, 0.1) is 34.5 Å². The predicted octanol–water partition coefficient (Wildman–Crippen LogP) is 2.83. The lowest BCUT2D eigenvalue weighted by Gasteiger charge is -2.61. The molecule has 0 amide bonds. The van der Waals surface area contributed by atoms with E-state index < -0.39 is 39.4 Å². The third-order valence-corrected chi connectivity index (χ3v) is 13.3. The van der Waals surface area contributed by atoms with Gasteiger partial charge in [-0.25, -0.2) is 0 Å². The summed E-state index contributed by atoms with van der Waals surface area (Å²) >= 11 is 2.64. The van der Waals surface area contributed by atoms with Gasteiger partial charge in [-0.05, 0) is 68.1 Å². The number of rotatable bonds is 8. The van der Waals surface area contributed by atoms with Crippen molar-refractivity contribution in [1.29, 1.82) is 0 Å². The van der Waals surface area contributed by atoms with E-state index in [-0.39, 0.29) is 59.2 Å². The Bertz CT molecular complexity index is 905. The van der Waals surface area contributed by atoms with Crippen LogP contribution in [-0.2, 0) is 19.2 Å². The molecule has 0 bridgehead atoms. The van der Waals surface area contributed by atoms with Crippen LogP contribution in [0.1, 0.15) is 65.2 Å². The van der Waals surface area contributed by atoms with Crippen LogP contribution in [0.4, 0.5) is 0 Å². The molecular weight excluding hydrogens is 492 g/mol. The average Bonchev–Trinajstić information content (AvgIpc) is 3.07. The van der Waals surface area contributed by atoms with Crippen LogP contribution in [0.5, 0.6) is 0 Å². The largest absolute Gasteiger partial charge is 0.481 e. The number of thioether (sulfide) groups is 2. The zero-order chi connectivity index (χ0) is 25.8. The monoisotopic (exact) mass is 528 g/mol. The topological polar surface area (TPSA) is 149 Å². The first-order valence-electron chi connectivity index (χ1n) is 12.4. The van der Waals surface area contributed by atoms with E-state index >= 15 is 0 Å². The Morgan fingerprint density at radius 1 is 0.971 bits per heavy atom. The van der Waals surface area contributed by atoms with Crippen molar-refractivity contribution in [3.05, 3.63) is 0 Å². The first kappa shape index (κ1) is 26.9. The predicted molar refractivity (Wildman–Crippen MR) is 132 cm³/mol. The van der Waals surface area contributed by atoms with Gasteiger partial charge in [0.1, 0.15) is 18.0 Å². The van der Waals surface area contributed by atoms with E-state index in [0.29, 0.717) is 25.7 Å². The molecule has 4 fully saturated rings. The number of aliphatic hydroxyl groups excluding tert-OH is 1. The van der Waals surface area contributed by atoms with Crippen molar-refractivity contribution in [2.45, 2.75) is 74.9 Å². The Hall–Kier alpha value is -1.10. The molecule has 7 atom stereocenters. The molecule has 4 saturated carbocycles. The molecule has 0 aliphatic heterocycles. The molecule has 10 heteroatoms. The van der Waals surface area contributed by atoms with Crippen molar-refractivity contribution in [1.82, 2.24) is 0 Å². The molecule has 0 radical (unpaired) electrons. The summed E-state index contributed by atoms with van der Waals surface area (Å²) < 4.78 is -0.499. The summed E-state index contributed by atoms with van der Waals surface area (Å²) in [6, 6.07) is 0. The second kappa shape index (κ2) is 9.33. The zero-order valence-electron chi connectivity index (χ0n) is 20.3. The number of carboxylic acids is 2. The lowest BCUT2D eigenvalue weighted by atomic mass is 9.44. The number of aliphatic hydroxyl groups is 2. The van der Waals surface area contributed by atoms with Crippen molar-refractivity contribution in [2.24, 2.45) is 34.5 Å². The molecule has 4 aliphatic rings. The summed E-state index contributed by atoms with van der Waals surface area (Å²) in [5.41, 5.74) is -2.82. The van der Waals surface area contributed by atoms with E-state index in [0.717, 1.165) is 12.8 Å². The molecule has 0 aromatic heterocycles. The van der Waals surface area contributed by atoms with Crippen molar-refractivity contribution in [3.8, 4) is 0 Å². The average molecular weight is 529 g/mol. The molecule has 0 aromatic rings. The van der Waals surface area contributed by atoms with Gasteiger partial charge in [-0.2, -0.15) is 0 Å². The zero-order valence-corrected chi connectivity index (χ0v) is 22.0. The van der Waals surface area contributed by atoms with E-state index in [1.807, 2.05) is 6.92 Å². The Morgan fingerprint density at radius 3 is 2.17 bits per heavy atom. The van der Waals surface area contributed by atoms with Gasteiger partial charge < -0.3 is 20.4 Å². The maximum Gasteiger partial charge on any atom is 0.313 e. The van der Waals surface area contributed by atoms with E-state index in [1.165, 1.54) is 23.5 Å². The summed E-state index contributed by atoms with van der Waals surface area (Å²) in [5.74, 6) is -2.45. The molecule has 0 unspecified atom stereocenters. The minimum atomic E-state index is -1.67. The van der Waals surface area contributed by atoms with Gasteiger partial charge >= 0.3 is 11.9 Å². The molecule has 0 spiro atoms. The van der Waals surface area contributed by atoms with E-state index in [4.69, 9.17) is 0 Å². The summed E-state index contributed by atoms with van der Waals surface area (Å²) in [4.78, 5) is 48.9. The number of Topliss-reactive ketones (excluding diaryl/α,β-unsaturated/α-hetero) is 2. The summed E-state index contributed by atoms with van der Waals surface area (Å²) in [7, 11) is 0. The molecular formula is C25H36O8S2. The van der Waals surface area contributed by atoms with Crippen LogP contribution >= 0.6 is 23.5 Å². The minimum absolute atomic E-state index is 0.0259. The van der Waals surface area contributed by atoms with Crippen LogP contribution in [0.15, 0.2) is 0 Å². The number of hydrogen-bond acceptors (Lipinski definition) is 8. The number of carbonyl (C=O) groups is 4. The Labute approximate surface area is 214 Å². The molecule has 4 aliphatic carbocycles. The quantitative estimate of drug-likeness (QED) is 0.346. The fourth-order valence-electron chi connectivity index (χ4n) is 8.30. The maximum absolute atomic E-state index is 13.8. The van der Waals surface area contributed by atoms with Gasteiger partial charge in [0, 0.05) is 17.8 Å². The van der Waals surface area contributed by atoms with Gasteiger partial charge in [-0.3, -0.25) is 19.2 Å². The number of carbonyl (C=O) groups excluding carboxylic acids is 2. The van der Waals surface area contributed by atoms with Gasteiger partial charge in [0.25, 0.3) is 0 Å². The normalized spacial score (nSPS) is 42.0. The van der Waals surface area contributed by atoms with Crippen LogP contribution in [0.25, 0.3) is 0 Å². The lowest BCUT2D eigenvalue weighted by Crippen LogP contribution is -2.62. The molecule has 4 N–H and O–H groups in total. The van der Waals surface area contributed by atoms with Crippen LogP contribution in [0.2, 0.25) is 0 Å². The van der Waals surface area contributed by atoms with Crippen molar-refractivity contribution >= 4 is 47.0 Å². The molecule has 4 rings (SSSR count). The summed E-state index contributed by atoms with van der Waals surface area (Å²) in [6.45, 7) is 3.28. The van der Waals surface area contributed by atoms with Crippen molar-refractivity contribution in [3.63, 3.8) is 0 Å². The fraction of sp³-hybridized carbons (Fsp3) is 0.840. The van der Waals surface area contributed by atoms with Crippen LogP contribution < -0.4 is 0 Å². The van der Waals surface area contributed by atoms with Gasteiger partial charge in [0.15, 0.2) is 5.78 Å². The maximum atomic E-state index is 13.8. The molecule has 35 heavy (non-hydrogen) atoms. The molecule has 0 aromatic carbocycles. The highest BCUT2D eigenvalue weighted by atomic mass is 32.2. The fourth-order valence-corrected chi connectivity index (χ4v) is 10.9. The first-order chi connectivity index (χ1) is 16.3. The highest BCUT2D eigenvalue weighted by molar-refractivity contribution is 8.18. The van der Waals surface area contributed by atoms with Gasteiger partial charge in [0.2, 0.25) is 0 Å². The Morgan fingerprint density at radius 2 is 1.60 bits per heavy atom. The van der Waals surface area contributed by atoms with Crippen molar-refractivity contribution < 1.29 is 39.6 Å². The van der Waals surface area contributed by atoms with Crippen molar-refractivity contribution in [2.75, 3.05) is 18.1 Å². The van der Waals surface area contributed by atoms with Crippen LogP contribution in [-0.4, -0.2) is 71.7 Å². The Balaban J connectivity index is 1.60. The third-order valence-electron chi connectivity index (χ3n) is 10.0. The van der Waals surface area contributed by atoms with Gasteiger partial charge in [-0.1, -0.05) is 13.8 Å². The number of hydrogen-bond donors (Lipinski definition) is 4. The summed E-state index contributed by atoms with van der Waals surface area (Å²) in [6.07, 6.45) is 4.72. The number of fused-ring (bicyclic) bond motifs is 5. The van der Waals surface area contributed by atoms with Crippen LogP contribution in [0.3, 0.4) is 0 Å². The smallest absolute Gasteiger partial charge is 0.313 e. The first-order valence-corrected chi connectivity index (χ1v) is 14.4. The molecule has 0 saturated heterocycles. The number of aliphatic carboxylic acids is 2. The second-order valence-corrected chi connectivity index (χ2v) is 14.5. The van der Waals surface area contributed by atoms with E-state index in [2.05, 4.69) is 6.92 Å². The molecule has 8 nitrogen and oxygen atoms in total. The highest BCUT2D eigenvalue weighted by Crippen LogP contribution is 2.69. The van der Waals surface area contributed by atoms with Gasteiger partial charge in [0.05, 0.1) is 15.6 Å². The molecule has 196 valence electrons. The highest BCUT2D eigenvalue weighted by Gasteiger charge is 2.69. The molecule has 0 heterocycles. The Kier molecular flexibility index (Phi) is 7.18. The van der Waals surface area contributed by atoms with E-state index in [1.54, 1.807) is 0 Å². The van der Waals surface area contributed by atoms with Gasteiger partial charge in [-0.15, -0.1) is 23.5 Å². The second-order valence-electron chi connectivity index (χ2n) is 11.5. The minimum Gasteiger partial charge on any atom is -0.481 e. The number of carboxylic acid groups (broad SMARTS) is 2. The lowest BCUT2D eigenvalue weighted by molar-refractivity contribution is -0.177. The SMILES string of the molecule is C[C@]12CCC(SCC(=O)O)(SCC(=O)O)C[C@H]1CC[C@@H]1[C@@H]2C(=O)C[C@@]2(C)[C@H]1CC[C@@]2(O)C(=O)CO. The standard InChI is InChI=1S/C25H36O8S2/c1-22-7-8-24(34-12-19(29)30,35-13-20(31)32)9-14(22)3-4-15-16-5-6-25(33,18(28)11-26)23(16,2)10-17(27)21(15)22/h14-16,21,26,33H,3-13H2,1-2H3,(H,29,30)(H,31,32)/t14-,15+,16+,21-,22+,23+,25-/m1/s1.